The summed E-state index contributed by atoms with van der Waals surface area (Å²) in [6.07, 6.45) is 2.23. The Labute approximate surface area is 154 Å². The first-order valence-electron chi connectivity index (χ1n) is 8.64. The summed E-state index contributed by atoms with van der Waals surface area (Å²) in [6.45, 7) is 1.18. The van der Waals surface area contributed by atoms with E-state index in [2.05, 4.69) is 15.0 Å². The lowest BCUT2D eigenvalue weighted by molar-refractivity contribution is -0.384. The number of benzene rings is 2. The topological polar surface area (TPSA) is 85.3 Å². The van der Waals surface area contributed by atoms with Gasteiger partial charge in [0.25, 0.3) is 5.69 Å². The quantitative estimate of drug-likeness (QED) is 0.464. The Morgan fingerprint density at radius 1 is 1.11 bits per heavy atom. The minimum Gasteiger partial charge on any atom is -0.338 e. The van der Waals surface area contributed by atoms with Crippen LogP contribution in [0.1, 0.15) is 24.3 Å². The van der Waals surface area contributed by atoms with Gasteiger partial charge in [-0.1, -0.05) is 17.3 Å². The summed E-state index contributed by atoms with van der Waals surface area (Å²) in [7, 11) is 0. The van der Waals surface area contributed by atoms with Gasteiger partial charge in [0, 0.05) is 30.3 Å². The van der Waals surface area contributed by atoms with Gasteiger partial charge in [0.15, 0.2) is 0 Å². The van der Waals surface area contributed by atoms with Gasteiger partial charge in [-0.2, -0.15) is 4.98 Å². The zero-order chi connectivity index (χ0) is 18.8. The molecule has 2 aromatic carbocycles. The molecule has 0 atom stereocenters. The highest BCUT2D eigenvalue weighted by molar-refractivity contribution is 5.56. The summed E-state index contributed by atoms with van der Waals surface area (Å²) >= 11 is 0. The molecule has 1 aromatic heterocycles. The molecule has 3 aromatic rings. The summed E-state index contributed by atoms with van der Waals surface area (Å²) in [5, 5.41) is 14.7. The molecule has 0 N–H and O–H groups in total. The number of nitro groups is 1. The molecular weight excluding hydrogens is 351 g/mol. The van der Waals surface area contributed by atoms with Crippen molar-refractivity contribution in [3.63, 3.8) is 0 Å². The summed E-state index contributed by atoms with van der Waals surface area (Å²) in [6, 6.07) is 13.0. The Morgan fingerprint density at radius 3 is 2.44 bits per heavy atom. The van der Waals surface area contributed by atoms with Gasteiger partial charge in [-0.15, -0.1) is 0 Å². The summed E-state index contributed by atoms with van der Waals surface area (Å²) in [4.78, 5) is 16.9. The van der Waals surface area contributed by atoms with Gasteiger partial charge < -0.3 is 4.52 Å². The normalized spacial score (nSPS) is 13.9. The molecule has 138 valence electrons. The lowest BCUT2D eigenvalue weighted by atomic mass is 10.2. The second-order valence-electron chi connectivity index (χ2n) is 6.58. The number of hydrogen-bond acceptors (Lipinski definition) is 6. The first-order valence-corrected chi connectivity index (χ1v) is 8.64. The molecule has 1 aliphatic rings. The molecule has 7 nitrogen and oxygen atoms in total. The average Bonchev–Trinajstić information content (AvgIpc) is 3.42. The standard InChI is InChI=1S/C19H17FN4O3/c20-15-5-1-13(2-6-15)11-23(16-9-10-16)12-18-21-19(22-27-18)14-3-7-17(8-4-14)24(25)26/h1-8,16H,9-12H2. The van der Waals surface area contributed by atoms with Crippen molar-refractivity contribution >= 4 is 5.69 Å². The predicted octanol–water partition coefficient (Wildman–Crippen LogP) is 3.95. The number of halogens is 1. The molecule has 4 rings (SSSR count). The minimum absolute atomic E-state index is 0.0154. The molecule has 0 bridgehead atoms. The molecule has 1 heterocycles. The van der Waals surface area contributed by atoms with Crippen molar-refractivity contribution in [2.45, 2.75) is 32.0 Å². The van der Waals surface area contributed by atoms with Crippen LogP contribution >= 0.6 is 0 Å². The van der Waals surface area contributed by atoms with Crippen molar-refractivity contribution in [1.82, 2.24) is 15.0 Å². The Bertz CT molecular complexity index is 936. The smallest absolute Gasteiger partial charge is 0.269 e. The lowest BCUT2D eigenvalue weighted by Crippen LogP contribution is -2.25. The van der Waals surface area contributed by atoms with Crippen LogP contribution in [0.15, 0.2) is 53.1 Å². The number of aromatic nitrogens is 2. The first-order chi connectivity index (χ1) is 13.1. The lowest BCUT2D eigenvalue weighted by Gasteiger charge is -2.19. The highest BCUT2D eigenvalue weighted by Crippen LogP contribution is 2.30. The van der Waals surface area contributed by atoms with Crippen LogP contribution in [-0.4, -0.2) is 26.0 Å². The Hall–Kier alpha value is -3.13. The van der Waals surface area contributed by atoms with Crippen LogP contribution in [0, 0.1) is 15.9 Å². The first kappa shape index (κ1) is 17.3. The summed E-state index contributed by atoms with van der Waals surface area (Å²) in [5.74, 6) is 0.635. The van der Waals surface area contributed by atoms with E-state index in [1.165, 1.54) is 24.3 Å². The summed E-state index contributed by atoms with van der Waals surface area (Å²) in [5.41, 5.74) is 1.70. The molecular formula is C19H17FN4O3. The molecule has 0 aliphatic heterocycles. The molecule has 27 heavy (non-hydrogen) atoms. The van der Waals surface area contributed by atoms with E-state index in [0.717, 1.165) is 18.4 Å². The van der Waals surface area contributed by atoms with Crippen LogP contribution in [0.25, 0.3) is 11.4 Å². The molecule has 1 aliphatic carbocycles. The summed E-state index contributed by atoms with van der Waals surface area (Å²) < 4.78 is 18.5. The van der Waals surface area contributed by atoms with Crippen LogP contribution in [0.5, 0.6) is 0 Å². The molecule has 0 saturated heterocycles. The third kappa shape index (κ3) is 4.17. The number of hydrogen-bond donors (Lipinski definition) is 0. The van der Waals surface area contributed by atoms with Crippen molar-refractivity contribution in [3.05, 3.63) is 75.9 Å². The van der Waals surface area contributed by atoms with Crippen molar-refractivity contribution in [2.75, 3.05) is 0 Å². The Kier molecular flexibility index (Phi) is 4.64. The number of nitro benzene ring substituents is 1. The third-order valence-corrected chi connectivity index (χ3v) is 4.50. The van der Waals surface area contributed by atoms with Crippen LogP contribution in [0.3, 0.4) is 0 Å². The molecule has 1 saturated carbocycles. The number of nitrogens with zero attached hydrogens (tertiary/aromatic N) is 4. The van der Waals surface area contributed by atoms with Gasteiger partial charge in [0.1, 0.15) is 5.82 Å². The maximum Gasteiger partial charge on any atom is 0.269 e. The molecule has 0 unspecified atom stereocenters. The fourth-order valence-electron chi connectivity index (χ4n) is 2.92. The fraction of sp³-hybridized carbons (Fsp3) is 0.263. The average molecular weight is 368 g/mol. The van der Waals surface area contributed by atoms with E-state index in [0.29, 0.717) is 36.4 Å². The Balaban J connectivity index is 1.46. The SMILES string of the molecule is O=[N+]([O-])c1ccc(-c2noc(CN(Cc3ccc(F)cc3)C3CC3)n2)cc1. The van der Waals surface area contributed by atoms with E-state index >= 15 is 0 Å². The maximum absolute atomic E-state index is 13.1. The highest BCUT2D eigenvalue weighted by Gasteiger charge is 2.30. The van der Waals surface area contributed by atoms with E-state index in [1.54, 1.807) is 24.3 Å². The van der Waals surface area contributed by atoms with Crippen LogP contribution in [-0.2, 0) is 13.1 Å². The van der Waals surface area contributed by atoms with Gasteiger partial charge in [-0.25, -0.2) is 4.39 Å². The van der Waals surface area contributed by atoms with Gasteiger partial charge in [0.05, 0.1) is 11.5 Å². The molecule has 8 heteroatoms. The van der Waals surface area contributed by atoms with Crippen molar-refractivity contribution in [1.29, 1.82) is 0 Å². The van der Waals surface area contributed by atoms with E-state index in [9.17, 15) is 14.5 Å². The van der Waals surface area contributed by atoms with Gasteiger partial charge in [-0.3, -0.25) is 15.0 Å². The highest BCUT2D eigenvalue weighted by atomic mass is 19.1. The largest absolute Gasteiger partial charge is 0.338 e. The number of non-ortho nitro benzene ring substituents is 1. The zero-order valence-electron chi connectivity index (χ0n) is 14.4. The van der Waals surface area contributed by atoms with Gasteiger partial charge in [-0.05, 0) is 42.7 Å². The van der Waals surface area contributed by atoms with Crippen LogP contribution in [0.4, 0.5) is 10.1 Å². The van der Waals surface area contributed by atoms with Crippen molar-refractivity contribution < 1.29 is 13.8 Å². The van der Waals surface area contributed by atoms with E-state index < -0.39 is 4.92 Å². The monoisotopic (exact) mass is 368 g/mol. The number of rotatable bonds is 7. The molecule has 0 amide bonds. The van der Waals surface area contributed by atoms with Crippen LogP contribution in [0.2, 0.25) is 0 Å². The third-order valence-electron chi connectivity index (χ3n) is 4.50. The Morgan fingerprint density at radius 2 is 1.81 bits per heavy atom. The van der Waals surface area contributed by atoms with Crippen molar-refractivity contribution in [3.8, 4) is 11.4 Å². The minimum atomic E-state index is -0.450. The predicted molar refractivity (Wildman–Crippen MR) is 95.1 cm³/mol. The second kappa shape index (κ2) is 7.24. The van der Waals surface area contributed by atoms with E-state index in [1.807, 2.05) is 0 Å². The van der Waals surface area contributed by atoms with Gasteiger partial charge in [0.2, 0.25) is 11.7 Å². The van der Waals surface area contributed by atoms with Crippen molar-refractivity contribution in [2.24, 2.45) is 0 Å². The van der Waals surface area contributed by atoms with Crippen LogP contribution < -0.4 is 0 Å². The fourth-order valence-corrected chi connectivity index (χ4v) is 2.92. The van der Waals surface area contributed by atoms with E-state index in [4.69, 9.17) is 4.52 Å². The second-order valence-corrected chi connectivity index (χ2v) is 6.58. The molecule has 0 radical (unpaired) electrons. The molecule has 0 spiro atoms. The maximum atomic E-state index is 13.1. The van der Waals surface area contributed by atoms with E-state index in [-0.39, 0.29) is 11.5 Å². The zero-order valence-corrected chi connectivity index (χ0v) is 14.4. The molecule has 1 fully saturated rings. The van der Waals surface area contributed by atoms with Gasteiger partial charge >= 0.3 is 0 Å².